The van der Waals surface area contributed by atoms with Crippen LogP contribution in [-0.4, -0.2) is 11.1 Å². The monoisotopic (exact) mass is 270 g/mol. The maximum atomic E-state index is 11.2. The second-order valence-electron chi connectivity index (χ2n) is 4.90. The van der Waals surface area contributed by atoms with Gasteiger partial charge >= 0.3 is 5.97 Å². The Morgan fingerprint density at radius 3 is 2.45 bits per heavy atom. The minimum Gasteiger partial charge on any atom is -0.478 e. The first-order chi connectivity index (χ1) is 9.41. The fourth-order valence-corrected chi connectivity index (χ4v) is 2.31. The summed E-state index contributed by atoms with van der Waals surface area (Å²) in [6.07, 6.45) is 0. The third-order valence-corrected chi connectivity index (χ3v) is 3.45. The van der Waals surface area contributed by atoms with E-state index < -0.39 is 5.97 Å². The van der Waals surface area contributed by atoms with E-state index in [1.165, 1.54) is 0 Å². The van der Waals surface area contributed by atoms with Gasteiger partial charge in [0.15, 0.2) is 0 Å². The highest BCUT2D eigenvalue weighted by Crippen LogP contribution is 2.32. The highest BCUT2D eigenvalue weighted by Gasteiger charge is 2.13. The van der Waals surface area contributed by atoms with E-state index in [0.29, 0.717) is 5.69 Å². The van der Waals surface area contributed by atoms with Crippen LogP contribution in [0.25, 0.3) is 0 Å². The summed E-state index contributed by atoms with van der Waals surface area (Å²) >= 11 is 0. The Balaban J connectivity index is 2.51. The number of rotatable bonds is 3. The molecule has 4 heteroatoms. The number of hydrogen-bond donors (Lipinski definition) is 3. The molecule has 4 N–H and O–H groups in total. The van der Waals surface area contributed by atoms with Crippen LogP contribution in [0.15, 0.2) is 30.3 Å². The van der Waals surface area contributed by atoms with Gasteiger partial charge in [-0.05, 0) is 49.6 Å². The quantitative estimate of drug-likeness (QED) is 0.744. The summed E-state index contributed by atoms with van der Waals surface area (Å²) in [7, 11) is 0. The van der Waals surface area contributed by atoms with E-state index in [9.17, 15) is 9.90 Å². The zero-order valence-corrected chi connectivity index (χ0v) is 11.8. The summed E-state index contributed by atoms with van der Waals surface area (Å²) < 4.78 is 0. The van der Waals surface area contributed by atoms with Gasteiger partial charge in [-0.25, -0.2) is 4.79 Å². The van der Waals surface area contributed by atoms with Crippen LogP contribution in [0.1, 0.15) is 27.0 Å². The number of carboxylic acids is 1. The molecule has 2 aromatic carbocycles. The molecule has 0 unspecified atom stereocenters. The molecule has 2 rings (SSSR count). The van der Waals surface area contributed by atoms with E-state index in [0.717, 1.165) is 28.1 Å². The number of carboxylic acid groups (broad SMARTS) is 1. The van der Waals surface area contributed by atoms with Crippen LogP contribution < -0.4 is 11.1 Å². The highest BCUT2D eigenvalue weighted by atomic mass is 16.4. The van der Waals surface area contributed by atoms with Gasteiger partial charge in [-0.15, -0.1) is 0 Å². The number of nitrogen functional groups attached to an aromatic ring is 1. The molecular formula is C16H18N2O2. The second-order valence-corrected chi connectivity index (χ2v) is 4.90. The van der Waals surface area contributed by atoms with Crippen molar-refractivity contribution >= 4 is 23.0 Å². The molecule has 0 aliphatic heterocycles. The van der Waals surface area contributed by atoms with Gasteiger partial charge in [0, 0.05) is 11.4 Å². The lowest BCUT2D eigenvalue weighted by Crippen LogP contribution is -2.06. The lowest BCUT2D eigenvalue weighted by Gasteiger charge is -2.17. The van der Waals surface area contributed by atoms with Crippen molar-refractivity contribution < 1.29 is 9.90 Å². The minimum absolute atomic E-state index is 0.241. The van der Waals surface area contributed by atoms with E-state index in [1.54, 1.807) is 24.3 Å². The first-order valence-electron chi connectivity index (χ1n) is 6.37. The van der Waals surface area contributed by atoms with E-state index in [1.807, 2.05) is 26.8 Å². The van der Waals surface area contributed by atoms with Gasteiger partial charge in [0.2, 0.25) is 0 Å². The van der Waals surface area contributed by atoms with Crippen molar-refractivity contribution in [3.63, 3.8) is 0 Å². The third-order valence-electron chi connectivity index (χ3n) is 3.45. The maximum absolute atomic E-state index is 11.2. The first kappa shape index (κ1) is 13.9. The smallest absolute Gasteiger partial charge is 0.337 e. The molecular weight excluding hydrogens is 252 g/mol. The van der Waals surface area contributed by atoms with Crippen molar-refractivity contribution in [1.29, 1.82) is 0 Å². The third kappa shape index (κ3) is 2.45. The lowest BCUT2D eigenvalue weighted by molar-refractivity contribution is 0.0698. The molecule has 0 aliphatic rings. The van der Waals surface area contributed by atoms with Gasteiger partial charge in [0.1, 0.15) is 0 Å². The molecule has 0 saturated heterocycles. The number of benzene rings is 2. The molecule has 20 heavy (non-hydrogen) atoms. The second kappa shape index (κ2) is 5.25. The van der Waals surface area contributed by atoms with E-state index in [-0.39, 0.29) is 5.56 Å². The van der Waals surface area contributed by atoms with Crippen molar-refractivity contribution in [2.75, 3.05) is 11.1 Å². The fraction of sp³-hybridized carbons (Fsp3) is 0.188. The number of para-hydroxylation sites is 1. The highest BCUT2D eigenvalue weighted by molar-refractivity contribution is 5.95. The predicted octanol–water partition coefficient (Wildman–Crippen LogP) is 3.64. The molecule has 0 fully saturated rings. The molecule has 0 heterocycles. The molecule has 0 spiro atoms. The molecule has 0 aliphatic carbocycles. The molecule has 0 saturated carbocycles. The average Bonchev–Trinajstić information content (AvgIpc) is 2.41. The summed E-state index contributed by atoms with van der Waals surface area (Å²) in [5.74, 6) is -0.955. The van der Waals surface area contributed by atoms with Crippen molar-refractivity contribution in [2.45, 2.75) is 20.8 Å². The van der Waals surface area contributed by atoms with Gasteiger partial charge < -0.3 is 16.2 Å². The Kier molecular flexibility index (Phi) is 3.66. The van der Waals surface area contributed by atoms with Crippen LogP contribution in [-0.2, 0) is 0 Å². The van der Waals surface area contributed by atoms with Crippen LogP contribution in [0.5, 0.6) is 0 Å². The Morgan fingerprint density at radius 1 is 1.15 bits per heavy atom. The Hall–Kier alpha value is -2.49. The number of nitrogens with two attached hydrogens (primary N) is 1. The number of nitrogens with one attached hydrogen (secondary N) is 1. The van der Waals surface area contributed by atoms with Gasteiger partial charge in [0.25, 0.3) is 0 Å². The number of aromatic carboxylic acids is 1. The van der Waals surface area contributed by atoms with Crippen LogP contribution >= 0.6 is 0 Å². The first-order valence-corrected chi connectivity index (χ1v) is 6.37. The number of aryl methyl sites for hydroxylation is 2. The Labute approximate surface area is 118 Å². The maximum Gasteiger partial charge on any atom is 0.337 e. The number of carbonyl (C=O) groups is 1. The van der Waals surface area contributed by atoms with Gasteiger partial charge in [-0.2, -0.15) is 0 Å². The molecule has 0 aromatic heterocycles. The van der Waals surface area contributed by atoms with Crippen molar-refractivity contribution in [3.05, 3.63) is 52.6 Å². The van der Waals surface area contributed by atoms with Crippen LogP contribution in [0, 0.1) is 20.8 Å². The molecule has 2 aromatic rings. The lowest BCUT2D eigenvalue weighted by atomic mass is 10.0. The van der Waals surface area contributed by atoms with E-state index in [2.05, 4.69) is 5.32 Å². The minimum atomic E-state index is -0.955. The van der Waals surface area contributed by atoms with Crippen molar-refractivity contribution in [1.82, 2.24) is 0 Å². The van der Waals surface area contributed by atoms with E-state index >= 15 is 0 Å². The summed E-state index contributed by atoms with van der Waals surface area (Å²) in [6, 6.07) is 8.83. The van der Waals surface area contributed by atoms with Crippen LogP contribution in [0.2, 0.25) is 0 Å². The molecule has 0 atom stereocenters. The Morgan fingerprint density at radius 2 is 1.80 bits per heavy atom. The van der Waals surface area contributed by atoms with Gasteiger partial charge in [-0.3, -0.25) is 0 Å². The van der Waals surface area contributed by atoms with E-state index in [4.69, 9.17) is 5.73 Å². The normalized spacial score (nSPS) is 10.3. The predicted molar refractivity (Wildman–Crippen MR) is 81.7 cm³/mol. The van der Waals surface area contributed by atoms with Gasteiger partial charge in [0.05, 0.1) is 11.3 Å². The van der Waals surface area contributed by atoms with Crippen LogP contribution in [0.4, 0.5) is 17.1 Å². The zero-order chi connectivity index (χ0) is 14.9. The summed E-state index contributed by atoms with van der Waals surface area (Å²) in [5, 5.41) is 12.4. The summed E-state index contributed by atoms with van der Waals surface area (Å²) in [6.45, 7) is 5.87. The molecule has 4 nitrogen and oxygen atoms in total. The van der Waals surface area contributed by atoms with Crippen LogP contribution in [0.3, 0.4) is 0 Å². The Bertz CT molecular complexity index is 678. The molecule has 0 bridgehead atoms. The zero-order valence-electron chi connectivity index (χ0n) is 11.8. The summed E-state index contributed by atoms with van der Waals surface area (Å²) in [5.41, 5.74) is 11.4. The largest absolute Gasteiger partial charge is 0.478 e. The molecule has 0 radical (unpaired) electrons. The SMILES string of the molecule is Cc1cc(C)c(Nc2ccccc2C(=O)O)c(C)c1N. The molecule has 104 valence electrons. The van der Waals surface area contributed by atoms with Crippen molar-refractivity contribution in [2.24, 2.45) is 0 Å². The van der Waals surface area contributed by atoms with Crippen molar-refractivity contribution in [3.8, 4) is 0 Å². The number of hydrogen-bond acceptors (Lipinski definition) is 3. The standard InChI is InChI=1S/C16H18N2O2/c1-9-8-10(2)15(11(3)14(9)17)18-13-7-5-4-6-12(13)16(19)20/h4-8,18H,17H2,1-3H3,(H,19,20). The average molecular weight is 270 g/mol. The fourth-order valence-electron chi connectivity index (χ4n) is 2.31. The topological polar surface area (TPSA) is 75.3 Å². The van der Waals surface area contributed by atoms with Gasteiger partial charge in [-0.1, -0.05) is 18.2 Å². The number of anilines is 3. The molecule has 0 amide bonds. The summed E-state index contributed by atoms with van der Waals surface area (Å²) in [4.78, 5) is 11.2.